The maximum Gasteiger partial charge on any atom is 0.302 e. The fourth-order valence-electron chi connectivity index (χ4n) is 4.02. The molecule has 2 aliphatic carbocycles. The van der Waals surface area contributed by atoms with Crippen LogP contribution < -0.4 is 0 Å². The second-order valence-electron chi connectivity index (χ2n) is 6.25. The van der Waals surface area contributed by atoms with Gasteiger partial charge in [0.05, 0.1) is 5.41 Å². The Hall–Kier alpha value is -0.860. The van der Waals surface area contributed by atoms with Crippen molar-refractivity contribution in [1.29, 1.82) is 0 Å². The van der Waals surface area contributed by atoms with E-state index in [0.717, 1.165) is 38.5 Å². The van der Waals surface area contributed by atoms with Gasteiger partial charge >= 0.3 is 5.97 Å². The Labute approximate surface area is 109 Å². The van der Waals surface area contributed by atoms with Crippen molar-refractivity contribution in [1.82, 2.24) is 0 Å². The van der Waals surface area contributed by atoms with Crippen LogP contribution in [0, 0.1) is 17.3 Å². The molecule has 2 rings (SSSR count). The second kappa shape index (κ2) is 5.02. The summed E-state index contributed by atoms with van der Waals surface area (Å²) in [4.78, 5) is 24.0. The summed E-state index contributed by atoms with van der Waals surface area (Å²) < 4.78 is 5.57. The van der Waals surface area contributed by atoms with E-state index in [4.69, 9.17) is 4.74 Å². The van der Waals surface area contributed by atoms with Crippen LogP contribution in [0.3, 0.4) is 0 Å². The zero-order valence-electron chi connectivity index (χ0n) is 11.7. The highest BCUT2D eigenvalue weighted by Gasteiger charge is 2.54. The molecule has 2 saturated carbocycles. The van der Waals surface area contributed by atoms with Crippen LogP contribution in [0.2, 0.25) is 0 Å². The molecule has 0 spiro atoms. The number of esters is 1. The number of carbonyl (C=O) groups is 2. The average molecular weight is 252 g/mol. The number of ether oxygens (including phenoxy) is 1. The van der Waals surface area contributed by atoms with Gasteiger partial charge in [0, 0.05) is 12.8 Å². The summed E-state index contributed by atoms with van der Waals surface area (Å²) in [6.45, 7) is 5.37. The predicted molar refractivity (Wildman–Crippen MR) is 69.0 cm³/mol. The van der Waals surface area contributed by atoms with E-state index >= 15 is 0 Å². The SMILES string of the molecule is CC(=O)OC1C2CCCC1(C(=O)C(C)C)CCC2. The molecule has 1 atom stereocenters. The molecular formula is C15H24O3. The van der Waals surface area contributed by atoms with Crippen molar-refractivity contribution in [3.63, 3.8) is 0 Å². The van der Waals surface area contributed by atoms with Crippen molar-refractivity contribution < 1.29 is 14.3 Å². The number of Topliss-reactive ketones (excluding diaryl/α,β-unsaturated/α-hetero) is 1. The van der Waals surface area contributed by atoms with Crippen LogP contribution in [0.4, 0.5) is 0 Å². The third kappa shape index (κ3) is 2.19. The first-order chi connectivity index (χ1) is 8.47. The van der Waals surface area contributed by atoms with Crippen LogP contribution in [-0.4, -0.2) is 17.9 Å². The summed E-state index contributed by atoms with van der Waals surface area (Å²) in [7, 11) is 0. The minimum atomic E-state index is -0.374. The summed E-state index contributed by atoms with van der Waals surface area (Å²) in [5.41, 5.74) is -0.374. The molecule has 0 heterocycles. The molecule has 0 aromatic heterocycles. The van der Waals surface area contributed by atoms with E-state index in [-0.39, 0.29) is 23.4 Å². The Bertz CT molecular complexity index is 336. The Balaban J connectivity index is 2.31. The first-order valence-electron chi connectivity index (χ1n) is 7.19. The van der Waals surface area contributed by atoms with Crippen molar-refractivity contribution in [2.45, 2.75) is 65.4 Å². The molecule has 3 nitrogen and oxygen atoms in total. The molecule has 0 aromatic rings. The minimum absolute atomic E-state index is 0.0277. The number of ketones is 1. The second-order valence-corrected chi connectivity index (χ2v) is 6.25. The monoisotopic (exact) mass is 252 g/mol. The molecule has 0 radical (unpaired) electrons. The zero-order chi connectivity index (χ0) is 13.3. The van der Waals surface area contributed by atoms with Gasteiger partial charge in [0.1, 0.15) is 11.9 Å². The summed E-state index contributed by atoms with van der Waals surface area (Å²) in [6, 6.07) is 0. The number of fused-ring (bicyclic) bond motifs is 2. The molecule has 0 aromatic carbocycles. The van der Waals surface area contributed by atoms with E-state index in [0.29, 0.717) is 11.7 Å². The maximum absolute atomic E-state index is 12.6. The lowest BCUT2D eigenvalue weighted by Gasteiger charge is -2.50. The summed E-state index contributed by atoms with van der Waals surface area (Å²) >= 11 is 0. The number of hydrogen-bond donors (Lipinski definition) is 0. The van der Waals surface area contributed by atoms with Crippen molar-refractivity contribution in [3.05, 3.63) is 0 Å². The van der Waals surface area contributed by atoms with Gasteiger partial charge in [0.25, 0.3) is 0 Å². The van der Waals surface area contributed by atoms with Crippen LogP contribution in [0.15, 0.2) is 0 Å². The Morgan fingerprint density at radius 2 is 1.72 bits per heavy atom. The van der Waals surface area contributed by atoms with E-state index in [2.05, 4.69) is 0 Å². The molecule has 0 aliphatic heterocycles. The highest BCUT2D eigenvalue weighted by Crippen LogP contribution is 2.52. The molecule has 0 amide bonds. The summed E-state index contributed by atoms with van der Waals surface area (Å²) in [5.74, 6) is 0.492. The smallest absolute Gasteiger partial charge is 0.302 e. The third-order valence-corrected chi connectivity index (χ3v) is 4.68. The molecule has 2 fully saturated rings. The summed E-state index contributed by atoms with van der Waals surface area (Å²) in [6.07, 6.45) is 6.04. The van der Waals surface area contributed by atoms with E-state index in [9.17, 15) is 9.59 Å². The summed E-state index contributed by atoms with van der Waals surface area (Å²) in [5, 5.41) is 0. The highest BCUT2D eigenvalue weighted by molar-refractivity contribution is 5.87. The predicted octanol–water partition coefficient (Wildman–Crippen LogP) is 3.11. The van der Waals surface area contributed by atoms with Gasteiger partial charge in [-0.05, 0) is 31.6 Å². The van der Waals surface area contributed by atoms with Crippen molar-refractivity contribution in [2.24, 2.45) is 17.3 Å². The zero-order valence-corrected chi connectivity index (χ0v) is 11.7. The molecule has 1 unspecified atom stereocenters. The number of carbonyl (C=O) groups excluding carboxylic acids is 2. The van der Waals surface area contributed by atoms with Crippen LogP contribution in [0.5, 0.6) is 0 Å². The maximum atomic E-state index is 12.6. The molecule has 0 saturated heterocycles. The van der Waals surface area contributed by atoms with Crippen molar-refractivity contribution in [2.75, 3.05) is 0 Å². The number of rotatable bonds is 3. The van der Waals surface area contributed by atoms with Gasteiger partial charge in [0.15, 0.2) is 0 Å². The van der Waals surface area contributed by atoms with Crippen LogP contribution >= 0.6 is 0 Å². The normalized spacial score (nSPS) is 35.3. The van der Waals surface area contributed by atoms with Crippen LogP contribution in [0.1, 0.15) is 59.3 Å². The van der Waals surface area contributed by atoms with E-state index < -0.39 is 0 Å². The van der Waals surface area contributed by atoms with Gasteiger partial charge in [-0.1, -0.05) is 26.7 Å². The molecule has 18 heavy (non-hydrogen) atoms. The topological polar surface area (TPSA) is 43.4 Å². The van der Waals surface area contributed by atoms with Gasteiger partial charge < -0.3 is 4.74 Å². The Kier molecular flexibility index (Phi) is 3.79. The Morgan fingerprint density at radius 3 is 2.17 bits per heavy atom. The average Bonchev–Trinajstić information content (AvgIpc) is 2.27. The third-order valence-electron chi connectivity index (χ3n) is 4.68. The molecule has 2 bridgehead atoms. The first kappa shape index (κ1) is 13.6. The molecular weight excluding hydrogens is 228 g/mol. The van der Waals surface area contributed by atoms with E-state index in [1.807, 2.05) is 13.8 Å². The van der Waals surface area contributed by atoms with Gasteiger partial charge in [0.2, 0.25) is 0 Å². The lowest BCUT2D eigenvalue weighted by Crippen LogP contribution is -2.54. The Morgan fingerprint density at radius 1 is 1.17 bits per heavy atom. The highest BCUT2D eigenvalue weighted by atomic mass is 16.5. The molecule has 2 aliphatic rings. The quantitative estimate of drug-likeness (QED) is 0.725. The lowest BCUT2D eigenvalue weighted by atomic mass is 9.56. The molecule has 3 heteroatoms. The van der Waals surface area contributed by atoms with E-state index in [1.165, 1.54) is 6.92 Å². The lowest BCUT2D eigenvalue weighted by molar-refractivity contribution is -0.176. The molecule has 0 N–H and O–H groups in total. The van der Waals surface area contributed by atoms with Gasteiger partial charge in [-0.3, -0.25) is 9.59 Å². The fourth-order valence-corrected chi connectivity index (χ4v) is 4.02. The number of hydrogen-bond acceptors (Lipinski definition) is 3. The minimum Gasteiger partial charge on any atom is -0.461 e. The van der Waals surface area contributed by atoms with Crippen LogP contribution in [-0.2, 0) is 14.3 Å². The van der Waals surface area contributed by atoms with Gasteiger partial charge in [-0.25, -0.2) is 0 Å². The van der Waals surface area contributed by atoms with E-state index in [1.54, 1.807) is 0 Å². The fraction of sp³-hybridized carbons (Fsp3) is 0.867. The molecule has 102 valence electrons. The van der Waals surface area contributed by atoms with Crippen LogP contribution in [0.25, 0.3) is 0 Å². The van der Waals surface area contributed by atoms with Gasteiger partial charge in [-0.2, -0.15) is 0 Å². The van der Waals surface area contributed by atoms with Gasteiger partial charge in [-0.15, -0.1) is 0 Å². The largest absolute Gasteiger partial charge is 0.461 e. The van der Waals surface area contributed by atoms with Crippen molar-refractivity contribution >= 4 is 11.8 Å². The first-order valence-corrected chi connectivity index (χ1v) is 7.19. The standard InChI is InChI=1S/C15H24O3/c1-10(2)13(17)15-8-4-6-12(7-5-9-15)14(15)18-11(3)16/h10,12,14H,4-9H2,1-3H3. The van der Waals surface area contributed by atoms with Crippen molar-refractivity contribution in [3.8, 4) is 0 Å².